The summed E-state index contributed by atoms with van der Waals surface area (Å²) < 4.78 is 0. The van der Waals surface area contributed by atoms with E-state index in [1.807, 2.05) is 18.2 Å². The number of rotatable bonds is 6. The minimum Gasteiger partial charge on any atom is -0.364 e. The maximum Gasteiger partial charge on any atom is 0.265 e. The maximum absolute atomic E-state index is 11.9. The molecule has 0 saturated heterocycles. The first-order valence-electron chi connectivity index (χ1n) is 6.70. The molecule has 3 heterocycles. The molecule has 22 heavy (non-hydrogen) atoms. The molecule has 0 bridgehead atoms. The molecule has 0 saturated carbocycles. The van der Waals surface area contributed by atoms with Gasteiger partial charge in [-0.3, -0.25) is 19.7 Å². The van der Waals surface area contributed by atoms with Crippen LogP contribution < -0.4 is 0 Å². The van der Waals surface area contributed by atoms with Crippen LogP contribution in [0.4, 0.5) is 0 Å². The number of hydrogen-bond acceptors (Lipinski definition) is 5. The van der Waals surface area contributed by atoms with Crippen molar-refractivity contribution in [2.24, 2.45) is 0 Å². The minimum absolute atomic E-state index is 0.0301. The van der Waals surface area contributed by atoms with Gasteiger partial charge in [-0.2, -0.15) is 5.10 Å². The smallest absolute Gasteiger partial charge is 0.265 e. The fourth-order valence-corrected chi connectivity index (χ4v) is 2.13. The predicted molar refractivity (Wildman–Crippen MR) is 77.3 cm³/mol. The van der Waals surface area contributed by atoms with Crippen molar-refractivity contribution in [2.45, 2.75) is 12.8 Å². The van der Waals surface area contributed by atoms with Crippen LogP contribution in [-0.2, 0) is 17.6 Å². The van der Waals surface area contributed by atoms with Crippen molar-refractivity contribution in [2.75, 3.05) is 0 Å². The number of carbonyl (C=O) groups excluding carboxylic acids is 2. The molecule has 7 nitrogen and oxygen atoms in total. The van der Waals surface area contributed by atoms with Crippen molar-refractivity contribution in [3.8, 4) is 0 Å². The van der Waals surface area contributed by atoms with Crippen LogP contribution in [0.2, 0.25) is 0 Å². The Morgan fingerprint density at radius 1 is 1.14 bits per heavy atom. The molecule has 0 aliphatic carbocycles. The third-order valence-electron chi connectivity index (χ3n) is 3.19. The quantitative estimate of drug-likeness (QED) is 0.523. The van der Waals surface area contributed by atoms with Gasteiger partial charge in [0.2, 0.25) is 5.78 Å². The molecule has 3 rings (SSSR count). The highest BCUT2D eigenvalue weighted by molar-refractivity contribution is 6.43. The van der Waals surface area contributed by atoms with Crippen molar-refractivity contribution in [3.63, 3.8) is 0 Å². The summed E-state index contributed by atoms with van der Waals surface area (Å²) in [7, 11) is 0. The second-order valence-electron chi connectivity index (χ2n) is 4.83. The van der Waals surface area contributed by atoms with E-state index in [4.69, 9.17) is 0 Å². The molecule has 0 fully saturated rings. The number of H-pyrrole nitrogens is 2. The van der Waals surface area contributed by atoms with Crippen molar-refractivity contribution in [3.05, 3.63) is 65.8 Å². The number of hydrogen-bond donors (Lipinski definition) is 2. The van der Waals surface area contributed by atoms with Crippen molar-refractivity contribution >= 4 is 11.6 Å². The molecule has 3 aromatic rings. The lowest BCUT2D eigenvalue weighted by atomic mass is 10.1. The lowest BCUT2D eigenvalue weighted by Gasteiger charge is -1.97. The van der Waals surface area contributed by atoms with Crippen molar-refractivity contribution in [1.82, 2.24) is 25.1 Å². The van der Waals surface area contributed by atoms with E-state index in [0.717, 1.165) is 16.8 Å². The van der Waals surface area contributed by atoms with Crippen molar-refractivity contribution in [1.29, 1.82) is 0 Å². The molecule has 0 unspecified atom stereocenters. The number of pyridine rings is 1. The highest BCUT2D eigenvalue weighted by atomic mass is 16.2. The summed E-state index contributed by atoms with van der Waals surface area (Å²) in [6, 6.07) is 5.74. The zero-order valence-electron chi connectivity index (χ0n) is 11.6. The van der Waals surface area contributed by atoms with E-state index in [-0.39, 0.29) is 12.2 Å². The topological polar surface area (TPSA) is 104 Å². The third-order valence-corrected chi connectivity index (χ3v) is 3.19. The van der Waals surface area contributed by atoms with E-state index in [2.05, 4.69) is 25.1 Å². The number of nitrogens with one attached hydrogen (secondary N) is 2. The van der Waals surface area contributed by atoms with E-state index in [0.29, 0.717) is 6.42 Å². The molecule has 0 aromatic carbocycles. The number of nitrogens with zero attached hydrogens (tertiary/aromatic N) is 3. The fourth-order valence-electron chi connectivity index (χ4n) is 2.13. The van der Waals surface area contributed by atoms with E-state index in [1.54, 1.807) is 18.6 Å². The van der Waals surface area contributed by atoms with Gasteiger partial charge in [-0.15, -0.1) is 0 Å². The van der Waals surface area contributed by atoms with Crippen LogP contribution in [0.15, 0.2) is 43.1 Å². The Kier molecular flexibility index (Phi) is 3.86. The van der Waals surface area contributed by atoms with Crippen LogP contribution >= 0.6 is 0 Å². The van der Waals surface area contributed by atoms with Crippen LogP contribution in [0.25, 0.3) is 0 Å². The molecule has 0 radical (unpaired) electrons. The second-order valence-corrected chi connectivity index (χ2v) is 4.83. The van der Waals surface area contributed by atoms with E-state index in [9.17, 15) is 9.59 Å². The highest BCUT2D eigenvalue weighted by Crippen LogP contribution is 2.11. The van der Waals surface area contributed by atoms with Gasteiger partial charge in [0.1, 0.15) is 6.33 Å². The molecule has 2 N–H and O–H groups in total. The average Bonchev–Trinajstić information content (AvgIpc) is 3.19. The fraction of sp³-hybridized carbons (Fsp3) is 0.133. The number of aromatic amines is 2. The van der Waals surface area contributed by atoms with E-state index in [1.165, 1.54) is 6.33 Å². The van der Waals surface area contributed by atoms with E-state index >= 15 is 0 Å². The molecular formula is C15H13N5O2. The molecule has 0 aliphatic rings. The maximum atomic E-state index is 11.9. The summed E-state index contributed by atoms with van der Waals surface area (Å²) in [6.45, 7) is 0. The van der Waals surface area contributed by atoms with E-state index < -0.39 is 11.6 Å². The largest absolute Gasteiger partial charge is 0.364 e. The number of Topliss-reactive ketones (excluding diaryl/α,β-unsaturated/α-hetero) is 2. The Balaban J connectivity index is 1.64. The number of carbonyl (C=O) groups is 2. The van der Waals surface area contributed by atoms with Crippen LogP contribution in [0.1, 0.15) is 27.4 Å². The molecule has 0 aliphatic heterocycles. The molecule has 0 atom stereocenters. The minimum atomic E-state index is -0.658. The Hall–Kier alpha value is -3.09. The molecule has 0 amide bonds. The molecule has 110 valence electrons. The Labute approximate surface area is 125 Å². The first-order valence-corrected chi connectivity index (χ1v) is 6.70. The van der Waals surface area contributed by atoms with Crippen LogP contribution in [0.5, 0.6) is 0 Å². The molecular weight excluding hydrogens is 282 g/mol. The van der Waals surface area contributed by atoms with Gasteiger partial charge in [0.05, 0.1) is 0 Å². The van der Waals surface area contributed by atoms with Gasteiger partial charge in [0.25, 0.3) is 5.78 Å². The predicted octanol–water partition coefficient (Wildman–Crippen LogP) is 1.11. The Morgan fingerprint density at radius 3 is 2.68 bits per heavy atom. The van der Waals surface area contributed by atoms with Crippen LogP contribution in [0.3, 0.4) is 0 Å². The lowest BCUT2D eigenvalue weighted by molar-refractivity contribution is -0.114. The van der Waals surface area contributed by atoms with Gasteiger partial charge < -0.3 is 4.98 Å². The third kappa shape index (κ3) is 3.14. The van der Waals surface area contributed by atoms with Gasteiger partial charge in [0, 0.05) is 37.1 Å². The van der Waals surface area contributed by atoms with Crippen molar-refractivity contribution < 1.29 is 9.59 Å². The summed E-state index contributed by atoms with van der Waals surface area (Å²) >= 11 is 0. The summed E-state index contributed by atoms with van der Waals surface area (Å²) in [6.07, 6.45) is 7.16. The monoisotopic (exact) mass is 295 g/mol. The SMILES string of the molecule is O=C(Cc1c[nH]c(Cc2ccncc2)c1)C(=O)c1ncn[nH]1. The first-order chi connectivity index (χ1) is 10.7. The lowest BCUT2D eigenvalue weighted by Crippen LogP contribution is -2.17. The second kappa shape index (κ2) is 6.13. The van der Waals surface area contributed by atoms with Gasteiger partial charge in [0.15, 0.2) is 5.82 Å². The molecule has 0 spiro atoms. The molecule has 7 heteroatoms. The summed E-state index contributed by atoms with van der Waals surface area (Å²) in [4.78, 5) is 34.5. The Bertz CT molecular complexity index is 777. The Morgan fingerprint density at radius 2 is 1.95 bits per heavy atom. The number of aromatic nitrogens is 5. The zero-order valence-corrected chi connectivity index (χ0v) is 11.6. The van der Waals surface area contributed by atoms with Crippen LogP contribution in [-0.4, -0.2) is 36.7 Å². The first kappa shape index (κ1) is 13.9. The van der Waals surface area contributed by atoms with Gasteiger partial charge >= 0.3 is 0 Å². The zero-order chi connectivity index (χ0) is 15.4. The van der Waals surface area contributed by atoms with Gasteiger partial charge in [-0.05, 0) is 29.3 Å². The summed E-state index contributed by atoms with van der Waals surface area (Å²) in [5.74, 6) is -1.21. The summed E-state index contributed by atoms with van der Waals surface area (Å²) in [5, 5.41) is 5.96. The highest BCUT2D eigenvalue weighted by Gasteiger charge is 2.19. The van der Waals surface area contributed by atoms with Crippen LogP contribution in [0, 0.1) is 0 Å². The molecule has 3 aromatic heterocycles. The summed E-state index contributed by atoms with van der Waals surface area (Å²) in [5.41, 5.74) is 2.86. The van der Waals surface area contributed by atoms with Gasteiger partial charge in [-0.1, -0.05) is 0 Å². The number of ketones is 2. The van der Waals surface area contributed by atoms with Gasteiger partial charge in [-0.25, -0.2) is 4.98 Å². The standard InChI is InChI=1S/C15H13N5O2/c21-13(14(22)15-18-9-19-20-15)7-11-6-12(17-8-11)5-10-1-3-16-4-2-10/h1-4,6,8-9,17H,5,7H2,(H,18,19,20). The average molecular weight is 295 g/mol. The normalized spacial score (nSPS) is 10.5.